The third kappa shape index (κ3) is 1.32. The highest BCUT2D eigenvalue weighted by atomic mass is 32.1. The van der Waals surface area contributed by atoms with E-state index in [0.29, 0.717) is 4.88 Å². The summed E-state index contributed by atoms with van der Waals surface area (Å²) in [6.07, 6.45) is 1.74. The Morgan fingerprint density at radius 2 is 2.29 bits per heavy atom. The third-order valence-electron chi connectivity index (χ3n) is 2.03. The predicted molar refractivity (Wildman–Crippen MR) is 58.9 cm³/mol. The minimum Gasteiger partial charge on any atom is -0.477 e. The molecular weight excluding hydrogens is 196 g/mol. The lowest BCUT2D eigenvalue weighted by atomic mass is 10.1. The summed E-state index contributed by atoms with van der Waals surface area (Å²) in [6.45, 7) is 3.69. The fourth-order valence-electron chi connectivity index (χ4n) is 1.37. The van der Waals surface area contributed by atoms with E-state index in [9.17, 15) is 4.79 Å². The molecule has 0 saturated carbocycles. The monoisotopic (exact) mass is 204 g/mol. The second kappa shape index (κ2) is 3.27. The van der Waals surface area contributed by atoms with Crippen LogP contribution in [0.4, 0.5) is 0 Å². The van der Waals surface area contributed by atoms with E-state index in [-0.39, 0.29) is 0 Å². The number of carbonyl (C=O) groups is 1. The normalized spacial score (nSPS) is 10.3. The summed E-state index contributed by atoms with van der Waals surface area (Å²) in [7, 11) is 0. The molecule has 2 nitrogen and oxygen atoms in total. The van der Waals surface area contributed by atoms with Gasteiger partial charge in [-0.1, -0.05) is 24.8 Å². The van der Waals surface area contributed by atoms with Gasteiger partial charge in [0.15, 0.2) is 0 Å². The first-order valence-electron chi connectivity index (χ1n) is 4.10. The van der Waals surface area contributed by atoms with Crippen molar-refractivity contribution in [1.29, 1.82) is 0 Å². The van der Waals surface area contributed by atoms with Gasteiger partial charge in [-0.25, -0.2) is 4.79 Å². The fraction of sp³-hybridized carbons (Fsp3) is 0. The Morgan fingerprint density at radius 1 is 1.50 bits per heavy atom. The van der Waals surface area contributed by atoms with Crippen LogP contribution in [0.2, 0.25) is 0 Å². The molecule has 2 rings (SSSR count). The Morgan fingerprint density at radius 3 is 2.93 bits per heavy atom. The van der Waals surface area contributed by atoms with E-state index in [1.54, 1.807) is 12.1 Å². The largest absolute Gasteiger partial charge is 0.477 e. The molecule has 0 fully saturated rings. The van der Waals surface area contributed by atoms with Crippen LogP contribution in [0.15, 0.2) is 30.8 Å². The van der Waals surface area contributed by atoms with Gasteiger partial charge in [0.1, 0.15) is 4.88 Å². The maximum atomic E-state index is 10.8. The highest BCUT2D eigenvalue weighted by Crippen LogP contribution is 2.28. The standard InChI is InChI=1S/C11H8O2S/c1-2-7-4-3-5-9-8(7)6-10(14-9)11(12)13/h2-6H,1H2,(H,12,13). The summed E-state index contributed by atoms with van der Waals surface area (Å²) in [4.78, 5) is 11.1. The average molecular weight is 204 g/mol. The van der Waals surface area contributed by atoms with Crippen molar-refractivity contribution >= 4 is 33.5 Å². The van der Waals surface area contributed by atoms with E-state index in [1.807, 2.05) is 18.2 Å². The summed E-state index contributed by atoms with van der Waals surface area (Å²) in [6, 6.07) is 7.44. The summed E-state index contributed by atoms with van der Waals surface area (Å²) < 4.78 is 0.986. The van der Waals surface area contributed by atoms with Crippen molar-refractivity contribution in [3.05, 3.63) is 41.3 Å². The van der Waals surface area contributed by atoms with Crippen molar-refractivity contribution in [3.63, 3.8) is 0 Å². The zero-order valence-corrected chi connectivity index (χ0v) is 8.17. The van der Waals surface area contributed by atoms with Crippen molar-refractivity contribution in [3.8, 4) is 0 Å². The molecule has 0 radical (unpaired) electrons. The van der Waals surface area contributed by atoms with E-state index in [2.05, 4.69) is 6.58 Å². The smallest absolute Gasteiger partial charge is 0.345 e. The van der Waals surface area contributed by atoms with E-state index < -0.39 is 5.97 Å². The number of benzene rings is 1. The average Bonchev–Trinajstić information content (AvgIpc) is 2.60. The summed E-state index contributed by atoms with van der Waals surface area (Å²) in [5.74, 6) is -0.874. The maximum Gasteiger partial charge on any atom is 0.345 e. The SMILES string of the molecule is C=Cc1cccc2sc(C(=O)O)cc12. The van der Waals surface area contributed by atoms with Crippen LogP contribution in [0.1, 0.15) is 15.2 Å². The first-order chi connectivity index (χ1) is 6.72. The van der Waals surface area contributed by atoms with Gasteiger partial charge in [0, 0.05) is 10.1 Å². The molecule has 0 amide bonds. The van der Waals surface area contributed by atoms with Crippen LogP contribution in [0.25, 0.3) is 16.2 Å². The van der Waals surface area contributed by atoms with Crippen LogP contribution < -0.4 is 0 Å². The minimum atomic E-state index is -0.874. The lowest BCUT2D eigenvalue weighted by Crippen LogP contribution is -1.89. The Hall–Kier alpha value is -1.61. The molecule has 3 heteroatoms. The first-order valence-corrected chi connectivity index (χ1v) is 4.92. The highest BCUT2D eigenvalue weighted by molar-refractivity contribution is 7.20. The van der Waals surface area contributed by atoms with E-state index in [4.69, 9.17) is 5.11 Å². The molecule has 0 unspecified atom stereocenters. The van der Waals surface area contributed by atoms with Crippen LogP contribution in [0.5, 0.6) is 0 Å². The third-order valence-corrected chi connectivity index (χ3v) is 3.11. The molecule has 0 aliphatic heterocycles. The van der Waals surface area contributed by atoms with Gasteiger partial charge in [0.25, 0.3) is 0 Å². The molecule has 1 heterocycles. The van der Waals surface area contributed by atoms with Crippen molar-refractivity contribution in [2.24, 2.45) is 0 Å². The van der Waals surface area contributed by atoms with Gasteiger partial charge >= 0.3 is 5.97 Å². The van der Waals surface area contributed by atoms with Crippen LogP contribution >= 0.6 is 11.3 Å². The molecule has 1 aromatic carbocycles. The predicted octanol–water partition coefficient (Wildman–Crippen LogP) is 3.24. The van der Waals surface area contributed by atoms with Gasteiger partial charge in [0.2, 0.25) is 0 Å². The zero-order valence-electron chi connectivity index (χ0n) is 7.36. The van der Waals surface area contributed by atoms with Crippen LogP contribution in [0, 0.1) is 0 Å². The van der Waals surface area contributed by atoms with Crippen molar-refractivity contribution in [1.82, 2.24) is 0 Å². The molecule has 0 bridgehead atoms. The summed E-state index contributed by atoms with van der Waals surface area (Å²) >= 11 is 1.29. The number of hydrogen-bond acceptors (Lipinski definition) is 2. The lowest BCUT2D eigenvalue weighted by Gasteiger charge is -1.93. The number of fused-ring (bicyclic) bond motifs is 1. The molecular formula is C11H8O2S. The van der Waals surface area contributed by atoms with E-state index >= 15 is 0 Å². The Balaban J connectivity index is 2.76. The molecule has 0 spiro atoms. The number of thiophene rings is 1. The second-order valence-electron chi connectivity index (χ2n) is 2.88. The van der Waals surface area contributed by atoms with Crippen LogP contribution in [0.3, 0.4) is 0 Å². The molecule has 0 aliphatic carbocycles. The number of hydrogen-bond donors (Lipinski definition) is 1. The Labute approximate surface area is 85.1 Å². The summed E-state index contributed by atoms with van der Waals surface area (Å²) in [5.41, 5.74) is 0.978. The highest BCUT2D eigenvalue weighted by Gasteiger charge is 2.09. The molecule has 1 N–H and O–H groups in total. The van der Waals surface area contributed by atoms with Crippen molar-refractivity contribution < 1.29 is 9.90 Å². The van der Waals surface area contributed by atoms with Crippen LogP contribution in [-0.4, -0.2) is 11.1 Å². The van der Waals surface area contributed by atoms with Crippen molar-refractivity contribution in [2.45, 2.75) is 0 Å². The van der Waals surface area contributed by atoms with Crippen LogP contribution in [-0.2, 0) is 0 Å². The fourth-order valence-corrected chi connectivity index (χ4v) is 2.30. The molecule has 70 valence electrons. The molecule has 2 aromatic rings. The molecule has 1 aromatic heterocycles. The van der Waals surface area contributed by atoms with E-state index in [0.717, 1.165) is 15.6 Å². The Bertz CT molecular complexity index is 511. The molecule has 14 heavy (non-hydrogen) atoms. The topological polar surface area (TPSA) is 37.3 Å². The zero-order chi connectivity index (χ0) is 10.1. The molecule has 0 saturated heterocycles. The number of aromatic carboxylic acids is 1. The van der Waals surface area contributed by atoms with E-state index in [1.165, 1.54) is 11.3 Å². The van der Waals surface area contributed by atoms with Gasteiger partial charge in [-0.2, -0.15) is 0 Å². The lowest BCUT2D eigenvalue weighted by molar-refractivity contribution is 0.0702. The Kier molecular flexibility index (Phi) is 2.09. The van der Waals surface area contributed by atoms with Gasteiger partial charge in [0.05, 0.1) is 0 Å². The number of rotatable bonds is 2. The second-order valence-corrected chi connectivity index (χ2v) is 3.96. The first kappa shape index (κ1) is 8.97. The quantitative estimate of drug-likeness (QED) is 0.815. The van der Waals surface area contributed by atoms with Gasteiger partial charge in [-0.05, 0) is 17.7 Å². The van der Waals surface area contributed by atoms with Gasteiger partial charge < -0.3 is 5.11 Å². The number of carboxylic acids is 1. The van der Waals surface area contributed by atoms with Gasteiger partial charge in [-0.15, -0.1) is 11.3 Å². The molecule has 0 aliphatic rings. The minimum absolute atomic E-state index is 0.370. The maximum absolute atomic E-state index is 10.8. The van der Waals surface area contributed by atoms with Crippen molar-refractivity contribution in [2.75, 3.05) is 0 Å². The van der Waals surface area contributed by atoms with Gasteiger partial charge in [-0.3, -0.25) is 0 Å². The summed E-state index contributed by atoms with van der Waals surface area (Å²) in [5, 5.41) is 9.80. The number of carboxylic acid groups (broad SMARTS) is 1. The molecule has 0 atom stereocenters.